The molecule has 0 atom stereocenters. The van der Waals surface area contributed by atoms with E-state index >= 15 is 0 Å². The molecule has 0 amide bonds. The summed E-state index contributed by atoms with van der Waals surface area (Å²) in [4.78, 5) is 15.1. The van der Waals surface area contributed by atoms with Crippen molar-refractivity contribution in [1.82, 2.24) is 4.98 Å². The number of thiazole rings is 1. The Bertz CT molecular complexity index is 545. The maximum Gasteiger partial charge on any atom is 0.234 e. The zero-order chi connectivity index (χ0) is 13.9. The Labute approximate surface area is 117 Å². The van der Waals surface area contributed by atoms with Crippen LogP contribution >= 0.6 is 11.3 Å². The Balaban J connectivity index is 1.97. The van der Waals surface area contributed by atoms with E-state index in [-0.39, 0.29) is 22.6 Å². The van der Waals surface area contributed by atoms with Gasteiger partial charge in [0, 0.05) is 12.3 Å². The van der Waals surface area contributed by atoms with E-state index in [1.165, 1.54) is 13.3 Å². The zero-order valence-corrected chi connectivity index (χ0v) is 12.5. The summed E-state index contributed by atoms with van der Waals surface area (Å²) in [7, 11) is -3.36. The van der Waals surface area contributed by atoms with Gasteiger partial charge in [-0.3, -0.25) is 9.52 Å². The third kappa shape index (κ3) is 4.28. The molecule has 0 aliphatic heterocycles. The molecule has 7 heteroatoms. The van der Waals surface area contributed by atoms with Gasteiger partial charge in [-0.2, -0.15) is 0 Å². The highest BCUT2D eigenvalue weighted by Gasteiger charge is 2.22. The van der Waals surface area contributed by atoms with E-state index in [0.717, 1.165) is 37.0 Å². The van der Waals surface area contributed by atoms with Crippen molar-refractivity contribution in [2.75, 3.05) is 10.5 Å². The second-order valence-corrected chi connectivity index (χ2v) is 7.61. The molecule has 1 saturated carbocycles. The molecule has 1 N–H and O–H groups in total. The van der Waals surface area contributed by atoms with Gasteiger partial charge in [-0.1, -0.05) is 19.3 Å². The highest BCUT2D eigenvalue weighted by atomic mass is 32.2. The molecule has 0 saturated heterocycles. The van der Waals surface area contributed by atoms with Gasteiger partial charge in [0.25, 0.3) is 0 Å². The van der Waals surface area contributed by atoms with E-state index in [9.17, 15) is 13.2 Å². The fourth-order valence-corrected chi connectivity index (χ4v) is 4.84. The lowest BCUT2D eigenvalue weighted by atomic mass is 9.91. The largest absolute Gasteiger partial charge is 0.293 e. The third-order valence-electron chi connectivity index (χ3n) is 3.29. The van der Waals surface area contributed by atoms with Crippen LogP contribution in [0.3, 0.4) is 0 Å². The van der Waals surface area contributed by atoms with E-state index in [4.69, 9.17) is 0 Å². The van der Waals surface area contributed by atoms with Gasteiger partial charge < -0.3 is 0 Å². The summed E-state index contributed by atoms with van der Waals surface area (Å²) < 4.78 is 26.5. The molecule has 5 nitrogen and oxygen atoms in total. The third-order valence-corrected chi connectivity index (χ3v) is 5.59. The van der Waals surface area contributed by atoms with Crippen molar-refractivity contribution in [2.24, 2.45) is 5.92 Å². The highest BCUT2D eigenvalue weighted by Crippen LogP contribution is 2.26. The molecule has 2 rings (SSSR count). The van der Waals surface area contributed by atoms with E-state index < -0.39 is 10.0 Å². The molecule has 0 unspecified atom stereocenters. The molecular formula is C12H18N2O3S2. The molecule has 1 heterocycles. The first-order valence-corrected chi connectivity index (χ1v) is 8.96. The lowest BCUT2D eigenvalue weighted by molar-refractivity contribution is 0.101. The van der Waals surface area contributed by atoms with Gasteiger partial charge in [0.2, 0.25) is 10.0 Å². The first-order chi connectivity index (χ1) is 8.96. The van der Waals surface area contributed by atoms with E-state index in [1.54, 1.807) is 5.38 Å². The number of rotatable bonds is 5. The molecule has 1 aromatic rings. The first kappa shape index (κ1) is 14.5. The van der Waals surface area contributed by atoms with Gasteiger partial charge >= 0.3 is 0 Å². The number of nitrogens with one attached hydrogen (secondary N) is 1. The normalized spacial score (nSPS) is 17.3. The zero-order valence-electron chi connectivity index (χ0n) is 10.9. The van der Waals surface area contributed by atoms with Gasteiger partial charge in [-0.25, -0.2) is 13.4 Å². The average Bonchev–Trinajstić information content (AvgIpc) is 2.77. The van der Waals surface area contributed by atoms with Gasteiger partial charge in [0.1, 0.15) is 5.69 Å². The number of hydrogen-bond donors (Lipinski definition) is 1. The summed E-state index contributed by atoms with van der Waals surface area (Å²) in [6.07, 6.45) is 5.41. The average molecular weight is 302 g/mol. The van der Waals surface area contributed by atoms with Gasteiger partial charge in [0.15, 0.2) is 10.9 Å². The van der Waals surface area contributed by atoms with Gasteiger partial charge in [-0.15, -0.1) is 11.3 Å². The summed E-state index contributed by atoms with van der Waals surface area (Å²) in [5, 5.41) is 1.85. The van der Waals surface area contributed by atoms with Crippen molar-refractivity contribution in [2.45, 2.75) is 39.0 Å². The Hall–Kier alpha value is -0.950. The maximum atomic E-state index is 12.0. The highest BCUT2D eigenvalue weighted by molar-refractivity contribution is 7.92. The number of Topliss-reactive ketones (excluding diaryl/α,β-unsaturated/α-hetero) is 1. The molecule has 1 aliphatic carbocycles. The fourth-order valence-electron chi connectivity index (χ4n) is 2.32. The van der Waals surface area contributed by atoms with Crippen LogP contribution in [0.1, 0.15) is 49.5 Å². The number of sulfonamides is 1. The van der Waals surface area contributed by atoms with Crippen LogP contribution in [0.25, 0.3) is 0 Å². The summed E-state index contributed by atoms with van der Waals surface area (Å²) in [6, 6.07) is 0. The Morgan fingerprint density at radius 3 is 2.68 bits per heavy atom. The lowest BCUT2D eigenvalue weighted by Crippen LogP contribution is -2.24. The molecule has 0 aromatic carbocycles. The number of aromatic nitrogens is 1. The predicted molar refractivity (Wildman–Crippen MR) is 76.1 cm³/mol. The maximum absolute atomic E-state index is 12.0. The quantitative estimate of drug-likeness (QED) is 0.848. The number of anilines is 1. The van der Waals surface area contributed by atoms with Gasteiger partial charge in [0.05, 0.1) is 5.75 Å². The van der Waals surface area contributed by atoms with Crippen LogP contribution in [-0.4, -0.2) is 24.9 Å². The molecule has 0 radical (unpaired) electrons. The molecule has 1 fully saturated rings. The van der Waals surface area contributed by atoms with E-state index in [0.29, 0.717) is 5.69 Å². The molecule has 1 aromatic heterocycles. The number of carbonyl (C=O) groups excluding carboxylic acids is 1. The Morgan fingerprint density at radius 2 is 2.11 bits per heavy atom. The van der Waals surface area contributed by atoms with Crippen molar-refractivity contribution in [1.29, 1.82) is 0 Å². The second kappa shape index (κ2) is 6.00. The SMILES string of the molecule is CC(=O)c1csc(NS(=O)(=O)CC2CCCCC2)n1. The van der Waals surface area contributed by atoms with Crippen LogP contribution in [0.5, 0.6) is 0 Å². The van der Waals surface area contributed by atoms with Crippen molar-refractivity contribution in [3.63, 3.8) is 0 Å². The minimum Gasteiger partial charge on any atom is -0.293 e. The van der Waals surface area contributed by atoms with Crippen LogP contribution in [0.15, 0.2) is 5.38 Å². The standard InChI is InChI=1S/C12H18N2O3S2/c1-9(15)11-7-18-12(13-11)14-19(16,17)8-10-5-3-2-4-6-10/h7,10H,2-6,8H2,1H3,(H,13,14). The van der Waals surface area contributed by atoms with E-state index in [2.05, 4.69) is 9.71 Å². The van der Waals surface area contributed by atoms with Crippen molar-refractivity contribution in [3.8, 4) is 0 Å². The smallest absolute Gasteiger partial charge is 0.234 e. The number of hydrogen-bond acceptors (Lipinski definition) is 5. The molecule has 106 valence electrons. The summed E-state index contributed by atoms with van der Waals surface area (Å²) in [5.41, 5.74) is 0.306. The minimum absolute atomic E-state index is 0.155. The summed E-state index contributed by atoms with van der Waals surface area (Å²) >= 11 is 1.14. The van der Waals surface area contributed by atoms with Gasteiger partial charge in [-0.05, 0) is 18.8 Å². The predicted octanol–water partition coefficient (Wildman–Crippen LogP) is 2.67. The van der Waals surface area contributed by atoms with Crippen LogP contribution < -0.4 is 4.72 Å². The Kier molecular flexibility index (Phi) is 4.57. The first-order valence-electron chi connectivity index (χ1n) is 6.43. The summed E-state index contributed by atoms with van der Waals surface area (Å²) in [5.74, 6) is 0.245. The second-order valence-electron chi connectivity index (χ2n) is 4.98. The van der Waals surface area contributed by atoms with Crippen molar-refractivity contribution >= 4 is 32.3 Å². The molecular weight excluding hydrogens is 284 g/mol. The van der Waals surface area contributed by atoms with Crippen LogP contribution in [0.4, 0.5) is 5.13 Å². The lowest BCUT2D eigenvalue weighted by Gasteiger charge is -2.21. The minimum atomic E-state index is -3.36. The topological polar surface area (TPSA) is 76.1 Å². The van der Waals surface area contributed by atoms with Crippen LogP contribution in [-0.2, 0) is 10.0 Å². The molecule has 0 bridgehead atoms. The van der Waals surface area contributed by atoms with Crippen LogP contribution in [0.2, 0.25) is 0 Å². The number of carbonyl (C=O) groups is 1. The number of ketones is 1. The molecule has 0 spiro atoms. The fraction of sp³-hybridized carbons (Fsp3) is 0.667. The monoisotopic (exact) mass is 302 g/mol. The molecule has 19 heavy (non-hydrogen) atoms. The van der Waals surface area contributed by atoms with Crippen molar-refractivity contribution < 1.29 is 13.2 Å². The van der Waals surface area contributed by atoms with Crippen molar-refractivity contribution in [3.05, 3.63) is 11.1 Å². The van der Waals surface area contributed by atoms with Crippen LogP contribution in [0, 0.1) is 5.92 Å². The molecule has 1 aliphatic rings. The summed E-state index contributed by atoms with van der Waals surface area (Å²) in [6.45, 7) is 1.41. The Morgan fingerprint density at radius 1 is 1.42 bits per heavy atom. The number of nitrogens with zero attached hydrogens (tertiary/aromatic N) is 1. The van der Waals surface area contributed by atoms with E-state index in [1.807, 2.05) is 0 Å².